The summed E-state index contributed by atoms with van der Waals surface area (Å²) in [7, 11) is 0. The van der Waals surface area contributed by atoms with Crippen LogP contribution >= 0.6 is 0 Å². The van der Waals surface area contributed by atoms with E-state index in [0.717, 1.165) is 26.1 Å². The molecular weight excluding hydrogens is 206 g/mol. The summed E-state index contributed by atoms with van der Waals surface area (Å²) < 4.78 is 10.8. The summed E-state index contributed by atoms with van der Waals surface area (Å²) in [6.07, 6.45) is 1.87. The van der Waals surface area contributed by atoms with Crippen molar-refractivity contribution in [3.8, 4) is 0 Å². The molecule has 1 saturated heterocycles. The van der Waals surface area contributed by atoms with Gasteiger partial charge >= 0.3 is 0 Å². The lowest BCUT2D eigenvalue weighted by Gasteiger charge is -2.34. The van der Waals surface area contributed by atoms with Crippen molar-refractivity contribution < 1.29 is 14.3 Å². The molecule has 0 amide bonds. The van der Waals surface area contributed by atoms with Crippen molar-refractivity contribution in [2.24, 2.45) is 0 Å². The SMILES string of the molecule is CCCN1CCOC(C(O)c2ccco2)C1. The van der Waals surface area contributed by atoms with Crippen LogP contribution in [-0.2, 0) is 4.74 Å². The predicted molar refractivity (Wildman–Crippen MR) is 60.1 cm³/mol. The van der Waals surface area contributed by atoms with Gasteiger partial charge in [0.25, 0.3) is 0 Å². The summed E-state index contributed by atoms with van der Waals surface area (Å²) in [6.45, 7) is 5.63. The highest BCUT2D eigenvalue weighted by atomic mass is 16.5. The number of morpholine rings is 1. The Labute approximate surface area is 95.8 Å². The Bertz CT molecular complexity index is 297. The molecule has 2 rings (SSSR count). The van der Waals surface area contributed by atoms with Crippen molar-refractivity contribution in [3.63, 3.8) is 0 Å². The van der Waals surface area contributed by atoms with E-state index in [2.05, 4.69) is 11.8 Å². The van der Waals surface area contributed by atoms with E-state index in [9.17, 15) is 5.11 Å². The van der Waals surface area contributed by atoms with Gasteiger partial charge < -0.3 is 14.3 Å². The Kier molecular flexibility index (Phi) is 3.98. The lowest BCUT2D eigenvalue weighted by molar-refractivity contribution is -0.0953. The largest absolute Gasteiger partial charge is 0.466 e. The molecule has 0 saturated carbocycles. The highest BCUT2D eigenvalue weighted by Gasteiger charge is 2.28. The molecule has 1 aliphatic heterocycles. The molecule has 1 aromatic rings. The highest BCUT2D eigenvalue weighted by Crippen LogP contribution is 2.22. The van der Waals surface area contributed by atoms with E-state index in [-0.39, 0.29) is 6.10 Å². The normalized spacial score (nSPS) is 24.5. The minimum absolute atomic E-state index is 0.175. The molecule has 2 unspecified atom stereocenters. The fourth-order valence-electron chi connectivity index (χ4n) is 2.08. The molecule has 0 radical (unpaired) electrons. The molecule has 0 aromatic carbocycles. The first-order chi connectivity index (χ1) is 7.81. The van der Waals surface area contributed by atoms with E-state index < -0.39 is 6.10 Å². The van der Waals surface area contributed by atoms with Crippen LogP contribution in [0.15, 0.2) is 22.8 Å². The van der Waals surface area contributed by atoms with E-state index >= 15 is 0 Å². The van der Waals surface area contributed by atoms with Gasteiger partial charge in [-0.3, -0.25) is 4.90 Å². The van der Waals surface area contributed by atoms with E-state index in [1.54, 1.807) is 18.4 Å². The van der Waals surface area contributed by atoms with Crippen molar-refractivity contribution in [1.29, 1.82) is 0 Å². The Morgan fingerprint density at radius 2 is 2.50 bits per heavy atom. The van der Waals surface area contributed by atoms with Gasteiger partial charge in [-0.05, 0) is 25.1 Å². The third kappa shape index (κ3) is 2.64. The maximum absolute atomic E-state index is 10.1. The van der Waals surface area contributed by atoms with Crippen molar-refractivity contribution in [2.75, 3.05) is 26.2 Å². The van der Waals surface area contributed by atoms with Crippen molar-refractivity contribution in [2.45, 2.75) is 25.6 Å². The van der Waals surface area contributed by atoms with Crippen LogP contribution < -0.4 is 0 Å². The third-order valence-corrected chi connectivity index (χ3v) is 2.90. The Morgan fingerprint density at radius 3 is 3.19 bits per heavy atom. The fourth-order valence-corrected chi connectivity index (χ4v) is 2.08. The number of rotatable bonds is 4. The fraction of sp³-hybridized carbons (Fsp3) is 0.667. The zero-order chi connectivity index (χ0) is 11.4. The van der Waals surface area contributed by atoms with E-state index in [4.69, 9.17) is 9.15 Å². The summed E-state index contributed by atoms with van der Waals surface area (Å²) in [5, 5.41) is 10.1. The predicted octanol–water partition coefficient (Wildman–Crippen LogP) is 1.42. The molecule has 1 fully saturated rings. The van der Waals surface area contributed by atoms with Gasteiger partial charge in [0.1, 0.15) is 18.0 Å². The average Bonchev–Trinajstić information content (AvgIpc) is 2.82. The molecule has 4 nitrogen and oxygen atoms in total. The van der Waals surface area contributed by atoms with Crippen LogP contribution in [0.2, 0.25) is 0 Å². The van der Waals surface area contributed by atoms with Gasteiger partial charge in [-0.25, -0.2) is 0 Å². The number of furan rings is 1. The maximum atomic E-state index is 10.1. The molecular formula is C12H19NO3. The topological polar surface area (TPSA) is 45.8 Å². The second-order valence-electron chi connectivity index (χ2n) is 4.17. The maximum Gasteiger partial charge on any atom is 0.139 e. The van der Waals surface area contributed by atoms with E-state index in [0.29, 0.717) is 12.4 Å². The van der Waals surface area contributed by atoms with Crippen LogP contribution in [-0.4, -0.2) is 42.4 Å². The van der Waals surface area contributed by atoms with Gasteiger partial charge in [0.05, 0.1) is 12.9 Å². The average molecular weight is 225 g/mol. The van der Waals surface area contributed by atoms with Crippen molar-refractivity contribution in [3.05, 3.63) is 24.2 Å². The number of ether oxygens (including phenoxy) is 1. The van der Waals surface area contributed by atoms with Gasteiger partial charge in [0.15, 0.2) is 0 Å². The van der Waals surface area contributed by atoms with Gasteiger partial charge in [0, 0.05) is 13.1 Å². The second kappa shape index (κ2) is 5.48. The molecule has 16 heavy (non-hydrogen) atoms. The quantitative estimate of drug-likeness (QED) is 0.842. The molecule has 1 N–H and O–H groups in total. The first kappa shape index (κ1) is 11.6. The van der Waals surface area contributed by atoms with Crippen LogP contribution in [0.3, 0.4) is 0 Å². The molecule has 2 heterocycles. The van der Waals surface area contributed by atoms with Gasteiger partial charge in [-0.1, -0.05) is 6.92 Å². The second-order valence-corrected chi connectivity index (χ2v) is 4.17. The van der Waals surface area contributed by atoms with E-state index in [1.807, 2.05) is 0 Å². The van der Waals surface area contributed by atoms with Crippen molar-refractivity contribution in [1.82, 2.24) is 4.90 Å². The molecule has 2 atom stereocenters. The lowest BCUT2D eigenvalue weighted by Crippen LogP contribution is -2.45. The highest BCUT2D eigenvalue weighted by molar-refractivity contribution is 5.04. The third-order valence-electron chi connectivity index (χ3n) is 2.90. The minimum Gasteiger partial charge on any atom is -0.466 e. The van der Waals surface area contributed by atoms with Crippen LogP contribution in [0.5, 0.6) is 0 Å². The number of aliphatic hydroxyl groups excluding tert-OH is 1. The number of nitrogens with zero attached hydrogens (tertiary/aromatic N) is 1. The van der Waals surface area contributed by atoms with E-state index in [1.165, 1.54) is 0 Å². The number of hydrogen-bond acceptors (Lipinski definition) is 4. The Hall–Kier alpha value is -0.840. The summed E-state index contributed by atoms with van der Waals surface area (Å²) in [6, 6.07) is 3.57. The van der Waals surface area contributed by atoms with Crippen LogP contribution in [0.4, 0.5) is 0 Å². The van der Waals surface area contributed by atoms with Gasteiger partial charge in [0.2, 0.25) is 0 Å². The first-order valence-electron chi connectivity index (χ1n) is 5.86. The molecule has 1 aromatic heterocycles. The van der Waals surface area contributed by atoms with Crippen LogP contribution in [0, 0.1) is 0 Å². The summed E-state index contributed by atoms with van der Waals surface area (Å²) in [4.78, 5) is 2.32. The first-order valence-corrected chi connectivity index (χ1v) is 5.86. The number of aliphatic hydroxyl groups is 1. The molecule has 0 aliphatic carbocycles. The summed E-state index contributed by atoms with van der Waals surface area (Å²) >= 11 is 0. The zero-order valence-corrected chi connectivity index (χ0v) is 9.63. The monoisotopic (exact) mass is 225 g/mol. The smallest absolute Gasteiger partial charge is 0.139 e. The molecule has 0 bridgehead atoms. The Balaban J connectivity index is 1.93. The molecule has 0 spiro atoms. The molecule has 4 heteroatoms. The summed E-state index contributed by atoms with van der Waals surface area (Å²) in [5.74, 6) is 0.586. The standard InChI is InChI=1S/C12H19NO3/c1-2-5-13-6-8-16-11(9-13)12(14)10-4-3-7-15-10/h3-4,7,11-12,14H,2,5-6,8-9H2,1H3. The zero-order valence-electron chi connectivity index (χ0n) is 9.63. The molecule has 1 aliphatic rings. The summed E-state index contributed by atoms with van der Waals surface area (Å²) in [5.41, 5.74) is 0. The minimum atomic E-state index is -0.658. The molecule has 90 valence electrons. The van der Waals surface area contributed by atoms with Crippen molar-refractivity contribution >= 4 is 0 Å². The van der Waals surface area contributed by atoms with Gasteiger partial charge in [-0.2, -0.15) is 0 Å². The lowest BCUT2D eigenvalue weighted by atomic mass is 10.1. The van der Waals surface area contributed by atoms with Gasteiger partial charge in [-0.15, -0.1) is 0 Å². The Morgan fingerprint density at radius 1 is 1.62 bits per heavy atom. The van der Waals surface area contributed by atoms with Crippen LogP contribution in [0.1, 0.15) is 25.2 Å². The number of hydrogen-bond donors (Lipinski definition) is 1. The van der Waals surface area contributed by atoms with Crippen LogP contribution in [0.25, 0.3) is 0 Å².